The molecule has 4 nitrogen and oxygen atoms in total. The Hall–Kier alpha value is -0.320. The van der Waals surface area contributed by atoms with Gasteiger partial charge in [0.05, 0.1) is 0 Å². The van der Waals surface area contributed by atoms with Gasteiger partial charge in [0, 0.05) is 32.7 Å². The molecule has 0 radical (unpaired) electrons. The molecule has 0 aliphatic carbocycles. The third kappa shape index (κ3) is 7.14. The maximum atomic E-state index is 12.3. The number of amides is 1. The molecule has 0 saturated carbocycles. The van der Waals surface area contributed by atoms with E-state index >= 15 is 0 Å². The first-order chi connectivity index (χ1) is 8.79. The van der Waals surface area contributed by atoms with Crippen molar-refractivity contribution in [2.75, 3.05) is 33.4 Å². The van der Waals surface area contributed by atoms with Crippen molar-refractivity contribution in [3.63, 3.8) is 0 Å². The van der Waals surface area contributed by atoms with E-state index in [0.717, 1.165) is 58.3 Å². The largest absolute Gasteiger partial charge is 0.385 e. The van der Waals surface area contributed by atoms with Crippen molar-refractivity contribution in [1.82, 2.24) is 10.2 Å². The summed E-state index contributed by atoms with van der Waals surface area (Å²) in [5, 5.41) is 3.36. The van der Waals surface area contributed by atoms with Gasteiger partial charge in [0.25, 0.3) is 0 Å². The highest BCUT2D eigenvalue weighted by molar-refractivity contribution is 5.85. The summed E-state index contributed by atoms with van der Waals surface area (Å²) in [5.74, 6) is 0.333. The molecular formula is C14H29ClN2O2. The van der Waals surface area contributed by atoms with E-state index in [1.165, 1.54) is 0 Å². The van der Waals surface area contributed by atoms with Crippen LogP contribution in [0.3, 0.4) is 0 Å². The van der Waals surface area contributed by atoms with E-state index in [1.54, 1.807) is 7.11 Å². The third-order valence-corrected chi connectivity index (χ3v) is 3.52. The number of nitrogens with one attached hydrogen (secondary N) is 1. The summed E-state index contributed by atoms with van der Waals surface area (Å²) in [7, 11) is 1.71. The van der Waals surface area contributed by atoms with Gasteiger partial charge in [-0.2, -0.15) is 0 Å². The lowest BCUT2D eigenvalue weighted by atomic mass is 10.0. The summed E-state index contributed by atoms with van der Waals surface area (Å²) in [6.45, 7) is 5.90. The van der Waals surface area contributed by atoms with Gasteiger partial charge >= 0.3 is 0 Å². The molecule has 1 aliphatic rings. The van der Waals surface area contributed by atoms with Gasteiger partial charge in [-0.15, -0.1) is 12.4 Å². The molecule has 0 aromatic carbocycles. The lowest BCUT2D eigenvalue weighted by Crippen LogP contribution is -2.46. The van der Waals surface area contributed by atoms with Crippen LogP contribution in [-0.4, -0.2) is 50.2 Å². The number of rotatable bonds is 8. The molecule has 114 valence electrons. The zero-order valence-corrected chi connectivity index (χ0v) is 13.1. The molecule has 0 atom stereocenters. The van der Waals surface area contributed by atoms with E-state index < -0.39 is 0 Å². The molecule has 1 rings (SSSR count). The molecule has 1 amide bonds. The highest BCUT2D eigenvalue weighted by Gasteiger charge is 2.23. The van der Waals surface area contributed by atoms with E-state index in [4.69, 9.17) is 4.74 Å². The quantitative estimate of drug-likeness (QED) is 0.698. The van der Waals surface area contributed by atoms with E-state index in [9.17, 15) is 4.79 Å². The van der Waals surface area contributed by atoms with Gasteiger partial charge < -0.3 is 15.0 Å². The summed E-state index contributed by atoms with van der Waals surface area (Å²) < 4.78 is 5.01. The Labute approximate surface area is 123 Å². The average molecular weight is 293 g/mol. The number of hydrogen-bond acceptors (Lipinski definition) is 3. The Morgan fingerprint density at radius 3 is 2.58 bits per heavy atom. The van der Waals surface area contributed by atoms with Crippen LogP contribution >= 0.6 is 12.4 Å². The Kier molecular flexibility index (Phi) is 11.3. The highest BCUT2D eigenvalue weighted by atomic mass is 35.5. The molecule has 0 unspecified atom stereocenters. The molecule has 5 heteroatoms. The number of nitrogens with zero attached hydrogens (tertiary/aromatic N) is 1. The van der Waals surface area contributed by atoms with E-state index in [0.29, 0.717) is 18.4 Å². The predicted molar refractivity (Wildman–Crippen MR) is 80.9 cm³/mol. The van der Waals surface area contributed by atoms with Crippen LogP contribution in [0.1, 0.15) is 45.4 Å². The van der Waals surface area contributed by atoms with E-state index in [-0.39, 0.29) is 12.4 Å². The Morgan fingerprint density at radius 1 is 1.32 bits per heavy atom. The first-order valence-electron chi connectivity index (χ1n) is 7.28. The second-order valence-electron chi connectivity index (χ2n) is 5.02. The lowest BCUT2D eigenvalue weighted by Gasteiger charge is -2.34. The molecular weight excluding hydrogens is 264 g/mol. The van der Waals surface area contributed by atoms with Crippen LogP contribution < -0.4 is 5.32 Å². The van der Waals surface area contributed by atoms with Crippen LogP contribution in [0.5, 0.6) is 0 Å². The molecule has 1 aliphatic heterocycles. The maximum absolute atomic E-state index is 12.3. The second-order valence-corrected chi connectivity index (χ2v) is 5.02. The number of piperidine rings is 1. The van der Waals surface area contributed by atoms with Crippen molar-refractivity contribution in [2.24, 2.45) is 0 Å². The van der Waals surface area contributed by atoms with Gasteiger partial charge in [-0.3, -0.25) is 4.79 Å². The van der Waals surface area contributed by atoms with E-state index in [1.807, 2.05) is 0 Å². The van der Waals surface area contributed by atoms with Crippen LogP contribution in [0.15, 0.2) is 0 Å². The average Bonchev–Trinajstić information content (AvgIpc) is 2.41. The van der Waals surface area contributed by atoms with Gasteiger partial charge in [0.2, 0.25) is 5.91 Å². The Bertz CT molecular complexity index is 233. The zero-order chi connectivity index (χ0) is 13.2. The van der Waals surface area contributed by atoms with Crippen LogP contribution in [0.2, 0.25) is 0 Å². The molecule has 19 heavy (non-hydrogen) atoms. The first-order valence-corrected chi connectivity index (χ1v) is 7.28. The molecule has 1 fully saturated rings. The zero-order valence-electron chi connectivity index (χ0n) is 12.3. The van der Waals surface area contributed by atoms with Gasteiger partial charge in [0.1, 0.15) is 0 Å². The highest BCUT2D eigenvalue weighted by Crippen LogP contribution is 2.14. The number of unbranched alkanes of at least 4 members (excludes halogenated alkanes) is 1. The van der Waals surface area contributed by atoms with Crippen molar-refractivity contribution in [1.29, 1.82) is 0 Å². The van der Waals surface area contributed by atoms with Crippen LogP contribution in [0, 0.1) is 0 Å². The van der Waals surface area contributed by atoms with Gasteiger partial charge in [-0.05, 0) is 45.2 Å². The fourth-order valence-electron chi connectivity index (χ4n) is 2.54. The number of halogens is 1. The van der Waals surface area contributed by atoms with Gasteiger partial charge in [-0.25, -0.2) is 0 Å². The first kappa shape index (κ1) is 18.7. The Morgan fingerprint density at radius 2 is 2.00 bits per heavy atom. The van der Waals surface area contributed by atoms with Crippen LogP contribution in [0.25, 0.3) is 0 Å². The monoisotopic (exact) mass is 292 g/mol. The predicted octanol–water partition coefficient (Wildman–Crippen LogP) is 2.22. The van der Waals surface area contributed by atoms with E-state index in [2.05, 4.69) is 17.1 Å². The molecule has 0 aromatic rings. The fourth-order valence-corrected chi connectivity index (χ4v) is 2.54. The van der Waals surface area contributed by atoms with Crippen molar-refractivity contribution in [2.45, 2.75) is 51.5 Å². The molecule has 1 saturated heterocycles. The van der Waals surface area contributed by atoms with Crippen molar-refractivity contribution in [3.05, 3.63) is 0 Å². The molecule has 1 heterocycles. The number of ether oxygens (including phenoxy) is 1. The fraction of sp³-hybridized carbons (Fsp3) is 0.929. The molecule has 0 aromatic heterocycles. The Balaban J connectivity index is 0.00000324. The summed E-state index contributed by atoms with van der Waals surface area (Å²) in [4.78, 5) is 14.4. The van der Waals surface area contributed by atoms with Crippen molar-refractivity contribution >= 4 is 18.3 Å². The summed E-state index contributed by atoms with van der Waals surface area (Å²) in [6, 6.07) is 0.459. The van der Waals surface area contributed by atoms with Crippen LogP contribution in [0.4, 0.5) is 0 Å². The molecule has 0 spiro atoms. The minimum Gasteiger partial charge on any atom is -0.385 e. The SMILES string of the molecule is CCCN(C(=O)CCCCOC)C1CCNCC1.Cl. The number of carbonyl (C=O) groups excluding carboxylic acids is 1. The van der Waals surface area contributed by atoms with Gasteiger partial charge in [0.15, 0.2) is 0 Å². The minimum atomic E-state index is 0. The summed E-state index contributed by atoms with van der Waals surface area (Å²) >= 11 is 0. The van der Waals surface area contributed by atoms with Crippen molar-refractivity contribution < 1.29 is 9.53 Å². The second kappa shape index (κ2) is 11.5. The normalized spacial score (nSPS) is 15.9. The minimum absolute atomic E-state index is 0. The summed E-state index contributed by atoms with van der Waals surface area (Å²) in [5.41, 5.74) is 0. The number of methoxy groups -OCH3 is 1. The van der Waals surface area contributed by atoms with Gasteiger partial charge in [-0.1, -0.05) is 6.92 Å². The number of carbonyl (C=O) groups is 1. The third-order valence-electron chi connectivity index (χ3n) is 3.52. The summed E-state index contributed by atoms with van der Waals surface area (Å²) in [6.07, 6.45) is 5.85. The van der Waals surface area contributed by atoms with Crippen LogP contribution in [-0.2, 0) is 9.53 Å². The van der Waals surface area contributed by atoms with Crippen molar-refractivity contribution in [3.8, 4) is 0 Å². The lowest BCUT2D eigenvalue weighted by molar-refractivity contribution is -0.134. The number of hydrogen-bond donors (Lipinski definition) is 1. The molecule has 1 N–H and O–H groups in total. The maximum Gasteiger partial charge on any atom is 0.222 e. The smallest absolute Gasteiger partial charge is 0.222 e. The molecule has 0 bridgehead atoms. The standard InChI is InChI=1S/C14H28N2O2.ClH/c1-3-11-16(13-7-9-15-10-8-13)14(17)6-4-5-12-18-2;/h13,15H,3-12H2,1-2H3;1H. The topological polar surface area (TPSA) is 41.6 Å².